The summed E-state index contributed by atoms with van der Waals surface area (Å²) in [6.07, 6.45) is 0.722. The second kappa shape index (κ2) is 7.12. The number of hydrogen-bond acceptors (Lipinski definition) is 1. The zero-order valence-corrected chi connectivity index (χ0v) is 13.3. The summed E-state index contributed by atoms with van der Waals surface area (Å²) in [6, 6.07) is 24.9. The topological polar surface area (TPSA) is 29.1 Å². The highest BCUT2D eigenvalue weighted by molar-refractivity contribution is 6.31. The highest BCUT2D eigenvalue weighted by Gasteiger charge is 2.11. The largest absolute Gasteiger partial charge is 0.322 e. The number of hydrogen-bond donors (Lipinski definition) is 1. The summed E-state index contributed by atoms with van der Waals surface area (Å²) in [5, 5.41) is 3.50. The third-order valence-corrected chi connectivity index (χ3v) is 3.82. The van der Waals surface area contributed by atoms with Gasteiger partial charge in [0, 0.05) is 16.3 Å². The van der Waals surface area contributed by atoms with Crippen LogP contribution in [-0.4, -0.2) is 5.91 Å². The molecular weight excluding hydrogens is 306 g/mol. The molecule has 114 valence electrons. The van der Waals surface area contributed by atoms with E-state index in [-0.39, 0.29) is 5.91 Å². The van der Waals surface area contributed by atoms with Crippen molar-refractivity contribution in [2.45, 2.75) is 6.42 Å². The van der Waals surface area contributed by atoms with Gasteiger partial charge in [-0.15, -0.1) is 0 Å². The van der Waals surface area contributed by atoms with Crippen LogP contribution in [-0.2, 0) is 6.42 Å². The molecule has 0 aliphatic heterocycles. The van der Waals surface area contributed by atoms with Gasteiger partial charge in [0.1, 0.15) is 0 Å². The van der Waals surface area contributed by atoms with Gasteiger partial charge in [-0.3, -0.25) is 4.79 Å². The van der Waals surface area contributed by atoms with E-state index >= 15 is 0 Å². The number of carbonyl (C=O) groups excluding carboxylic acids is 1. The molecule has 0 bridgehead atoms. The van der Waals surface area contributed by atoms with Crippen LogP contribution in [0.5, 0.6) is 0 Å². The molecular formula is C20H16ClNO. The van der Waals surface area contributed by atoms with Crippen molar-refractivity contribution < 1.29 is 4.79 Å². The maximum absolute atomic E-state index is 12.6. The molecule has 2 nitrogen and oxygen atoms in total. The molecule has 0 aliphatic rings. The van der Waals surface area contributed by atoms with Crippen molar-refractivity contribution in [1.82, 2.24) is 0 Å². The molecule has 3 rings (SSSR count). The van der Waals surface area contributed by atoms with Crippen molar-refractivity contribution in [2.24, 2.45) is 0 Å². The first-order valence-electron chi connectivity index (χ1n) is 7.41. The fraction of sp³-hybridized carbons (Fsp3) is 0.0500. The van der Waals surface area contributed by atoms with Gasteiger partial charge in [0.05, 0.1) is 0 Å². The summed E-state index contributed by atoms with van der Waals surface area (Å²) in [5.74, 6) is -0.126. The first kappa shape index (κ1) is 15.3. The normalized spacial score (nSPS) is 10.3. The Bertz CT molecular complexity index is 815. The summed E-state index contributed by atoms with van der Waals surface area (Å²) in [6.45, 7) is 0. The summed E-state index contributed by atoms with van der Waals surface area (Å²) in [4.78, 5) is 12.6. The number of halogens is 1. The van der Waals surface area contributed by atoms with Crippen LogP contribution in [0.4, 0.5) is 5.69 Å². The van der Waals surface area contributed by atoms with Crippen molar-refractivity contribution >= 4 is 23.2 Å². The van der Waals surface area contributed by atoms with Crippen LogP contribution in [0.3, 0.4) is 0 Å². The van der Waals surface area contributed by atoms with E-state index in [0.717, 1.165) is 12.0 Å². The molecule has 1 N–H and O–H groups in total. The Balaban J connectivity index is 1.83. The molecule has 3 aromatic carbocycles. The smallest absolute Gasteiger partial charge is 0.255 e. The van der Waals surface area contributed by atoms with Crippen LogP contribution in [0.2, 0.25) is 5.02 Å². The van der Waals surface area contributed by atoms with E-state index in [0.29, 0.717) is 16.3 Å². The fourth-order valence-corrected chi connectivity index (χ4v) is 2.67. The maximum atomic E-state index is 12.6. The third kappa shape index (κ3) is 3.99. The lowest BCUT2D eigenvalue weighted by atomic mass is 9.99. The summed E-state index contributed by atoms with van der Waals surface area (Å²) in [5.41, 5.74) is 3.54. The Kier molecular flexibility index (Phi) is 4.74. The molecule has 0 spiro atoms. The molecule has 0 aromatic heterocycles. The number of nitrogens with one attached hydrogen (secondary N) is 1. The van der Waals surface area contributed by atoms with Gasteiger partial charge < -0.3 is 5.32 Å². The number of amides is 1. The quantitative estimate of drug-likeness (QED) is 0.704. The van der Waals surface area contributed by atoms with Gasteiger partial charge in [-0.1, -0.05) is 66.2 Å². The minimum atomic E-state index is -0.126. The van der Waals surface area contributed by atoms with Crippen molar-refractivity contribution in [1.29, 1.82) is 0 Å². The van der Waals surface area contributed by atoms with E-state index in [1.165, 1.54) is 5.56 Å². The lowest BCUT2D eigenvalue weighted by Crippen LogP contribution is -2.14. The molecule has 0 saturated heterocycles. The van der Waals surface area contributed by atoms with Crippen LogP contribution >= 0.6 is 11.6 Å². The highest BCUT2D eigenvalue weighted by atomic mass is 35.5. The van der Waals surface area contributed by atoms with Crippen LogP contribution in [0.15, 0.2) is 78.9 Å². The molecule has 3 heteroatoms. The lowest BCUT2D eigenvalue weighted by molar-refractivity contribution is 0.102. The molecule has 0 fully saturated rings. The van der Waals surface area contributed by atoms with Crippen molar-refractivity contribution in [3.63, 3.8) is 0 Å². The van der Waals surface area contributed by atoms with Gasteiger partial charge in [0.25, 0.3) is 5.91 Å². The Morgan fingerprint density at radius 3 is 2.39 bits per heavy atom. The van der Waals surface area contributed by atoms with E-state index < -0.39 is 0 Å². The monoisotopic (exact) mass is 321 g/mol. The minimum absolute atomic E-state index is 0.126. The van der Waals surface area contributed by atoms with E-state index in [9.17, 15) is 4.79 Å². The molecule has 23 heavy (non-hydrogen) atoms. The second-order valence-electron chi connectivity index (χ2n) is 5.28. The summed E-state index contributed by atoms with van der Waals surface area (Å²) < 4.78 is 0. The van der Waals surface area contributed by atoms with Crippen molar-refractivity contribution in [3.05, 3.63) is 101 Å². The summed E-state index contributed by atoms with van der Waals surface area (Å²) in [7, 11) is 0. The number of carbonyl (C=O) groups is 1. The van der Waals surface area contributed by atoms with Crippen LogP contribution in [0.25, 0.3) is 0 Å². The Morgan fingerprint density at radius 1 is 0.870 bits per heavy atom. The van der Waals surface area contributed by atoms with Gasteiger partial charge >= 0.3 is 0 Å². The van der Waals surface area contributed by atoms with E-state index in [1.807, 2.05) is 54.6 Å². The van der Waals surface area contributed by atoms with Gasteiger partial charge in [0.2, 0.25) is 0 Å². The van der Waals surface area contributed by atoms with Crippen molar-refractivity contribution in [3.8, 4) is 0 Å². The van der Waals surface area contributed by atoms with E-state index in [1.54, 1.807) is 12.1 Å². The first-order valence-corrected chi connectivity index (χ1v) is 7.79. The van der Waals surface area contributed by atoms with Gasteiger partial charge in [-0.05, 0) is 41.8 Å². The van der Waals surface area contributed by atoms with E-state index in [2.05, 4.69) is 17.4 Å². The summed E-state index contributed by atoms with van der Waals surface area (Å²) >= 11 is 5.96. The SMILES string of the molecule is O=C(Nc1cccc(Cl)c1)c1ccccc1Cc1ccccc1. The molecule has 1 amide bonds. The standard InChI is InChI=1S/C20H16ClNO/c21-17-10-6-11-18(14-17)22-20(23)19-12-5-4-9-16(19)13-15-7-2-1-3-8-15/h1-12,14H,13H2,(H,22,23). The lowest BCUT2D eigenvalue weighted by Gasteiger charge is -2.10. The van der Waals surface area contributed by atoms with Crippen LogP contribution in [0.1, 0.15) is 21.5 Å². The van der Waals surface area contributed by atoms with Crippen LogP contribution < -0.4 is 5.32 Å². The molecule has 0 heterocycles. The average Bonchev–Trinajstić information content (AvgIpc) is 2.56. The van der Waals surface area contributed by atoms with E-state index in [4.69, 9.17) is 11.6 Å². The number of rotatable bonds is 4. The molecule has 0 unspecified atom stereocenters. The third-order valence-electron chi connectivity index (χ3n) is 3.58. The molecule has 0 aliphatic carbocycles. The Labute approximate surface area is 140 Å². The van der Waals surface area contributed by atoms with Crippen molar-refractivity contribution in [2.75, 3.05) is 5.32 Å². The minimum Gasteiger partial charge on any atom is -0.322 e. The van der Waals surface area contributed by atoms with Gasteiger partial charge in [-0.25, -0.2) is 0 Å². The Hall–Kier alpha value is -2.58. The van der Waals surface area contributed by atoms with Crippen LogP contribution in [0, 0.1) is 0 Å². The predicted octanol–water partition coefficient (Wildman–Crippen LogP) is 5.18. The maximum Gasteiger partial charge on any atom is 0.255 e. The fourth-order valence-electron chi connectivity index (χ4n) is 2.48. The Morgan fingerprint density at radius 2 is 1.61 bits per heavy atom. The molecule has 0 radical (unpaired) electrons. The zero-order chi connectivity index (χ0) is 16.1. The second-order valence-corrected chi connectivity index (χ2v) is 5.72. The zero-order valence-electron chi connectivity index (χ0n) is 12.5. The number of anilines is 1. The van der Waals surface area contributed by atoms with Gasteiger partial charge in [-0.2, -0.15) is 0 Å². The predicted molar refractivity (Wildman–Crippen MR) is 95.1 cm³/mol. The molecule has 3 aromatic rings. The highest BCUT2D eigenvalue weighted by Crippen LogP contribution is 2.19. The average molecular weight is 322 g/mol. The number of benzene rings is 3. The van der Waals surface area contributed by atoms with Gasteiger partial charge in [0.15, 0.2) is 0 Å². The molecule has 0 atom stereocenters. The molecule has 0 saturated carbocycles. The first-order chi connectivity index (χ1) is 11.2.